The van der Waals surface area contributed by atoms with E-state index < -0.39 is 0 Å². The Bertz CT molecular complexity index is 748. The molecule has 0 saturated carbocycles. The van der Waals surface area contributed by atoms with Gasteiger partial charge in [0.05, 0.1) is 6.61 Å². The largest absolute Gasteiger partial charge is 0.493 e. The highest BCUT2D eigenvalue weighted by molar-refractivity contribution is 7.20. The molecule has 2 aromatic heterocycles. The van der Waals surface area contributed by atoms with E-state index in [1.165, 1.54) is 16.9 Å². The molecule has 0 unspecified atom stereocenters. The Morgan fingerprint density at radius 3 is 3.00 bits per heavy atom. The summed E-state index contributed by atoms with van der Waals surface area (Å²) in [4.78, 5) is 0.712. The van der Waals surface area contributed by atoms with Crippen LogP contribution in [0.1, 0.15) is 17.0 Å². The van der Waals surface area contributed by atoms with E-state index in [4.69, 9.17) is 10.5 Å². The van der Waals surface area contributed by atoms with Crippen molar-refractivity contribution in [2.45, 2.75) is 20.3 Å². The van der Waals surface area contributed by atoms with Gasteiger partial charge in [0.25, 0.3) is 0 Å². The number of ether oxygens (including phenoxy) is 1. The van der Waals surface area contributed by atoms with Crippen LogP contribution >= 0.6 is 11.3 Å². The SMILES string of the molecule is Cc1ccc(C)c(OCCc2nnc3sc(N)nn23)c1. The van der Waals surface area contributed by atoms with Crippen molar-refractivity contribution in [3.05, 3.63) is 35.2 Å². The zero-order valence-corrected chi connectivity index (χ0v) is 12.1. The predicted molar refractivity (Wildman–Crippen MR) is 78.2 cm³/mol. The summed E-state index contributed by atoms with van der Waals surface area (Å²) in [7, 11) is 0. The molecule has 20 heavy (non-hydrogen) atoms. The molecule has 0 radical (unpaired) electrons. The number of nitrogens with two attached hydrogens (primary N) is 1. The van der Waals surface area contributed by atoms with Gasteiger partial charge in [0.15, 0.2) is 5.82 Å². The lowest BCUT2D eigenvalue weighted by Gasteiger charge is -2.09. The topological polar surface area (TPSA) is 78.3 Å². The molecular formula is C13H15N5OS. The molecule has 0 aliphatic carbocycles. The molecule has 0 aliphatic rings. The lowest BCUT2D eigenvalue weighted by molar-refractivity contribution is 0.315. The van der Waals surface area contributed by atoms with Crippen LogP contribution in [0.25, 0.3) is 4.96 Å². The minimum Gasteiger partial charge on any atom is -0.493 e. The monoisotopic (exact) mass is 289 g/mol. The van der Waals surface area contributed by atoms with Crippen LogP contribution in [0.15, 0.2) is 18.2 Å². The number of aromatic nitrogens is 4. The number of hydrogen-bond donors (Lipinski definition) is 1. The van der Waals surface area contributed by atoms with Gasteiger partial charge in [-0.15, -0.1) is 15.3 Å². The van der Waals surface area contributed by atoms with Crippen LogP contribution in [-0.4, -0.2) is 26.4 Å². The van der Waals surface area contributed by atoms with Crippen LogP contribution in [0, 0.1) is 13.8 Å². The molecule has 1 aromatic carbocycles. The van der Waals surface area contributed by atoms with Gasteiger partial charge in [-0.05, 0) is 31.0 Å². The summed E-state index contributed by atoms with van der Waals surface area (Å²) in [6, 6.07) is 6.17. The van der Waals surface area contributed by atoms with E-state index in [9.17, 15) is 0 Å². The highest BCUT2D eigenvalue weighted by Gasteiger charge is 2.10. The summed E-state index contributed by atoms with van der Waals surface area (Å²) in [5, 5.41) is 12.8. The Morgan fingerprint density at radius 2 is 2.15 bits per heavy atom. The van der Waals surface area contributed by atoms with Crippen molar-refractivity contribution in [3.8, 4) is 5.75 Å². The summed E-state index contributed by atoms with van der Waals surface area (Å²) < 4.78 is 7.48. The first-order valence-electron chi connectivity index (χ1n) is 6.30. The third-order valence-electron chi connectivity index (χ3n) is 3.00. The van der Waals surface area contributed by atoms with Gasteiger partial charge in [-0.1, -0.05) is 23.5 Å². The second kappa shape index (κ2) is 5.09. The van der Waals surface area contributed by atoms with Crippen molar-refractivity contribution in [2.75, 3.05) is 12.3 Å². The molecule has 6 nitrogen and oxygen atoms in total. The van der Waals surface area contributed by atoms with Crippen LogP contribution in [0.5, 0.6) is 5.75 Å². The van der Waals surface area contributed by atoms with Crippen LogP contribution < -0.4 is 10.5 Å². The molecule has 0 aliphatic heterocycles. The molecule has 2 heterocycles. The zero-order chi connectivity index (χ0) is 14.1. The first-order chi connectivity index (χ1) is 9.63. The first kappa shape index (κ1) is 12.9. The van der Waals surface area contributed by atoms with Crippen molar-refractivity contribution in [3.63, 3.8) is 0 Å². The number of aryl methyl sites for hydroxylation is 2. The number of benzene rings is 1. The Morgan fingerprint density at radius 1 is 1.30 bits per heavy atom. The third-order valence-corrected chi connectivity index (χ3v) is 3.73. The van der Waals surface area contributed by atoms with Crippen LogP contribution in [-0.2, 0) is 6.42 Å². The van der Waals surface area contributed by atoms with Gasteiger partial charge in [0.2, 0.25) is 10.1 Å². The molecule has 3 rings (SSSR count). The van der Waals surface area contributed by atoms with Crippen molar-refractivity contribution >= 4 is 21.4 Å². The Labute approximate surface area is 120 Å². The fraction of sp³-hybridized carbons (Fsp3) is 0.308. The number of rotatable bonds is 4. The van der Waals surface area contributed by atoms with Crippen LogP contribution in [0.4, 0.5) is 5.13 Å². The zero-order valence-electron chi connectivity index (χ0n) is 11.3. The summed E-state index contributed by atoms with van der Waals surface area (Å²) in [6.07, 6.45) is 0.637. The standard InChI is InChI=1S/C13H15N5OS/c1-8-3-4-9(2)10(7-8)19-6-5-11-15-16-13-18(11)17-12(14)20-13/h3-4,7H,5-6H2,1-2H3,(H2,14,17). The number of anilines is 1. The number of nitrogen functional groups attached to an aromatic ring is 1. The molecule has 3 aromatic rings. The Balaban J connectivity index is 1.69. The average molecular weight is 289 g/mol. The molecule has 0 fully saturated rings. The van der Waals surface area contributed by atoms with Crippen LogP contribution in [0.2, 0.25) is 0 Å². The number of hydrogen-bond acceptors (Lipinski definition) is 6. The highest BCUT2D eigenvalue weighted by Crippen LogP contribution is 2.20. The van der Waals surface area contributed by atoms with E-state index in [1.807, 2.05) is 19.9 Å². The molecule has 104 valence electrons. The molecule has 0 amide bonds. The smallest absolute Gasteiger partial charge is 0.236 e. The second-order valence-electron chi connectivity index (χ2n) is 4.62. The van der Waals surface area contributed by atoms with Gasteiger partial charge in [-0.25, -0.2) is 0 Å². The summed E-state index contributed by atoms with van der Waals surface area (Å²) in [6.45, 7) is 4.61. The number of fused-ring (bicyclic) bond motifs is 1. The van der Waals surface area contributed by atoms with Crippen molar-refractivity contribution in [1.29, 1.82) is 0 Å². The maximum absolute atomic E-state index is 5.81. The molecule has 0 atom stereocenters. The van der Waals surface area contributed by atoms with Crippen LogP contribution in [0.3, 0.4) is 0 Å². The second-order valence-corrected chi connectivity index (χ2v) is 5.61. The molecule has 0 bridgehead atoms. The Kier molecular flexibility index (Phi) is 3.27. The summed E-state index contributed by atoms with van der Waals surface area (Å²) >= 11 is 1.32. The minimum absolute atomic E-state index is 0.492. The lowest BCUT2D eigenvalue weighted by Crippen LogP contribution is -2.06. The van der Waals surface area contributed by atoms with Crippen molar-refractivity contribution < 1.29 is 4.74 Å². The van der Waals surface area contributed by atoms with Gasteiger partial charge in [-0.3, -0.25) is 0 Å². The maximum Gasteiger partial charge on any atom is 0.236 e. The molecule has 0 saturated heterocycles. The van der Waals surface area contributed by atoms with E-state index in [0.717, 1.165) is 17.1 Å². The van der Waals surface area contributed by atoms with Gasteiger partial charge in [0.1, 0.15) is 5.75 Å². The van der Waals surface area contributed by atoms with E-state index in [0.29, 0.717) is 23.1 Å². The molecule has 2 N–H and O–H groups in total. The lowest BCUT2D eigenvalue weighted by atomic mass is 10.1. The Hall–Kier alpha value is -2.15. The summed E-state index contributed by atoms with van der Waals surface area (Å²) in [5.74, 6) is 1.67. The van der Waals surface area contributed by atoms with E-state index in [2.05, 4.69) is 27.4 Å². The third kappa shape index (κ3) is 2.44. The fourth-order valence-corrected chi connectivity index (χ4v) is 2.57. The number of nitrogens with zero attached hydrogens (tertiary/aromatic N) is 4. The van der Waals surface area contributed by atoms with E-state index >= 15 is 0 Å². The van der Waals surface area contributed by atoms with Gasteiger partial charge >= 0.3 is 0 Å². The summed E-state index contributed by atoms with van der Waals surface area (Å²) in [5.41, 5.74) is 7.96. The normalized spacial score (nSPS) is 11.1. The van der Waals surface area contributed by atoms with E-state index in [-0.39, 0.29) is 0 Å². The van der Waals surface area contributed by atoms with Crippen molar-refractivity contribution in [2.24, 2.45) is 0 Å². The predicted octanol–water partition coefficient (Wildman–Crippen LogP) is 2.01. The fourth-order valence-electron chi connectivity index (χ4n) is 1.94. The quantitative estimate of drug-likeness (QED) is 0.795. The highest BCUT2D eigenvalue weighted by atomic mass is 32.1. The maximum atomic E-state index is 5.81. The van der Waals surface area contributed by atoms with E-state index in [1.54, 1.807) is 4.52 Å². The minimum atomic E-state index is 0.492. The first-order valence-corrected chi connectivity index (χ1v) is 7.12. The average Bonchev–Trinajstić information content (AvgIpc) is 2.94. The molecule has 0 spiro atoms. The molecule has 7 heteroatoms. The van der Waals surface area contributed by atoms with Crippen molar-refractivity contribution in [1.82, 2.24) is 19.8 Å². The van der Waals surface area contributed by atoms with Gasteiger partial charge in [0, 0.05) is 6.42 Å². The van der Waals surface area contributed by atoms with Gasteiger partial charge in [-0.2, -0.15) is 4.52 Å². The molecular weight excluding hydrogens is 274 g/mol. The van der Waals surface area contributed by atoms with Gasteiger partial charge < -0.3 is 10.5 Å².